The first-order valence-electron chi connectivity index (χ1n) is 6.32. The quantitative estimate of drug-likeness (QED) is 0.892. The van der Waals surface area contributed by atoms with Gasteiger partial charge in [-0.1, -0.05) is 22.9 Å². The monoisotopic (exact) mass is 299 g/mol. The molecule has 0 saturated carbocycles. The standard InChI is InChI=1S/C14H19BrFN/c1-10-6-7-17-13(8-10)4-2-11-9-12(15)3-5-14(11)16/h3,5,9-10,13,17H,2,4,6-8H2,1H3. The van der Waals surface area contributed by atoms with Crippen molar-refractivity contribution in [1.29, 1.82) is 0 Å². The second-order valence-corrected chi connectivity index (χ2v) is 5.97. The first-order valence-corrected chi connectivity index (χ1v) is 7.12. The van der Waals surface area contributed by atoms with Crippen molar-refractivity contribution in [3.05, 3.63) is 34.1 Å². The Hall–Kier alpha value is -0.410. The van der Waals surface area contributed by atoms with Crippen molar-refractivity contribution in [2.75, 3.05) is 6.54 Å². The van der Waals surface area contributed by atoms with Crippen molar-refractivity contribution in [2.24, 2.45) is 5.92 Å². The van der Waals surface area contributed by atoms with Gasteiger partial charge in [0.2, 0.25) is 0 Å². The number of rotatable bonds is 3. The third-order valence-electron chi connectivity index (χ3n) is 3.53. The molecule has 1 saturated heterocycles. The molecule has 2 atom stereocenters. The maximum Gasteiger partial charge on any atom is 0.126 e. The first kappa shape index (κ1) is 13.0. The van der Waals surface area contributed by atoms with Crippen LogP contribution in [0.5, 0.6) is 0 Å². The molecule has 0 aliphatic carbocycles. The number of hydrogen-bond acceptors (Lipinski definition) is 1. The molecular weight excluding hydrogens is 281 g/mol. The fourth-order valence-corrected chi connectivity index (χ4v) is 2.91. The van der Waals surface area contributed by atoms with E-state index in [1.807, 2.05) is 6.07 Å². The number of halogens is 2. The highest BCUT2D eigenvalue weighted by Gasteiger charge is 2.18. The minimum Gasteiger partial charge on any atom is -0.314 e. The molecule has 1 N–H and O–H groups in total. The molecule has 2 rings (SSSR count). The van der Waals surface area contributed by atoms with E-state index in [1.165, 1.54) is 18.9 Å². The molecule has 2 unspecified atom stereocenters. The van der Waals surface area contributed by atoms with Crippen molar-refractivity contribution >= 4 is 15.9 Å². The Morgan fingerprint density at radius 1 is 1.47 bits per heavy atom. The lowest BCUT2D eigenvalue weighted by Crippen LogP contribution is -2.37. The van der Waals surface area contributed by atoms with Crippen LogP contribution in [-0.2, 0) is 6.42 Å². The van der Waals surface area contributed by atoms with Gasteiger partial charge in [-0.05, 0) is 61.9 Å². The number of aryl methyl sites for hydroxylation is 1. The number of piperidine rings is 1. The molecule has 0 aromatic heterocycles. The maximum absolute atomic E-state index is 13.6. The molecule has 1 aromatic carbocycles. The molecule has 1 aliphatic heterocycles. The zero-order valence-electron chi connectivity index (χ0n) is 10.2. The first-order chi connectivity index (χ1) is 8.15. The van der Waals surface area contributed by atoms with Gasteiger partial charge in [0.15, 0.2) is 0 Å². The Labute approximate surface area is 111 Å². The van der Waals surface area contributed by atoms with Gasteiger partial charge in [-0.2, -0.15) is 0 Å². The van der Waals surface area contributed by atoms with E-state index >= 15 is 0 Å². The molecule has 1 fully saturated rings. The lowest BCUT2D eigenvalue weighted by Gasteiger charge is -2.28. The van der Waals surface area contributed by atoms with E-state index in [0.29, 0.717) is 6.04 Å². The summed E-state index contributed by atoms with van der Waals surface area (Å²) in [4.78, 5) is 0. The van der Waals surface area contributed by atoms with Gasteiger partial charge in [-0.15, -0.1) is 0 Å². The molecule has 1 aromatic rings. The molecule has 17 heavy (non-hydrogen) atoms. The van der Waals surface area contributed by atoms with Gasteiger partial charge in [-0.25, -0.2) is 4.39 Å². The maximum atomic E-state index is 13.6. The van der Waals surface area contributed by atoms with E-state index in [0.717, 1.165) is 35.3 Å². The summed E-state index contributed by atoms with van der Waals surface area (Å²) in [6.45, 7) is 3.40. The molecule has 0 radical (unpaired) electrons. The van der Waals surface area contributed by atoms with Crippen LogP contribution in [0.25, 0.3) is 0 Å². The van der Waals surface area contributed by atoms with Crippen LogP contribution in [0.15, 0.2) is 22.7 Å². The van der Waals surface area contributed by atoms with E-state index in [2.05, 4.69) is 28.2 Å². The Kier molecular flexibility index (Phi) is 4.57. The van der Waals surface area contributed by atoms with Crippen molar-refractivity contribution in [2.45, 2.75) is 38.6 Å². The summed E-state index contributed by atoms with van der Waals surface area (Å²) >= 11 is 3.39. The Balaban J connectivity index is 1.90. The van der Waals surface area contributed by atoms with Crippen LogP contribution in [0.1, 0.15) is 31.7 Å². The van der Waals surface area contributed by atoms with Gasteiger partial charge < -0.3 is 5.32 Å². The zero-order chi connectivity index (χ0) is 12.3. The molecule has 3 heteroatoms. The van der Waals surface area contributed by atoms with Gasteiger partial charge in [0.25, 0.3) is 0 Å². The van der Waals surface area contributed by atoms with E-state index < -0.39 is 0 Å². The third kappa shape index (κ3) is 3.78. The van der Waals surface area contributed by atoms with Crippen LogP contribution in [0.3, 0.4) is 0 Å². The average Bonchev–Trinajstić information content (AvgIpc) is 2.30. The summed E-state index contributed by atoms with van der Waals surface area (Å²) in [5.74, 6) is 0.714. The normalized spacial score (nSPS) is 24.9. The lowest BCUT2D eigenvalue weighted by molar-refractivity contribution is 0.307. The zero-order valence-corrected chi connectivity index (χ0v) is 11.8. The highest BCUT2D eigenvalue weighted by atomic mass is 79.9. The summed E-state index contributed by atoms with van der Waals surface area (Å²) < 4.78 is 14.5. The van der Waals surface area contributed by atoms with Crippen LogP contribution in [0.4, 0.5) is 4.39 Å². The average molecular weight is 300 g/mol. The molecule has 1 heterocycles. The molecular formula is C14H19BrFN. The van der Waals surface area contributed by atoms with Gasteiger partial charge in [0, 0.05) is 10.5 Å². The van der Waals surface area contributed by atoms with Gasteiger partial charge >= 0.3 is 0 Å². The number of benzene rings is 1. The van der Waals surface area contributed by atoms with Gasteiger partial charge in [0.1, 0.15) is 5.82 Å². The fourth-order valence-electron chi connectivity index (χ4n) is 2.51. The predicted octanol–water partition coefficient (Wildman–Crippen LogP) is 3.91. The largest absolute Gasteiger partial charge is 0.314 e. The Bertz CT molecular complexity index is 380. The SMILES string of the molecule is CC1CCNC(CCc2cc(Br)ccc2F)C1. The third-order valence-corrected chi connectivity index (χ3v) is 4.02. The lowest BCUT2D eigenvalue weighted by atomic mass is 9.91. The molecule has 0 amide bonds. The van der Waals surface area contributed by atoms with Crippen molar-refractivity contribution in [3.63, 3.8) is 0 Å². The van der Waals surface area contributed by atoms with Crippen LogP contribution in [0.2, 0.25) is 0 Å². The van der Waals surface area contributed by atoms with Crippen molar-refractivity contribution in [3.8, 4) is 0 Å². The van der Waals surface area contributed by atoms with E-state index in [4.69, 9.17) is 0 Å². The summed E-state index contributed by atoms with van der Waals surface area (Å²) in [5, 5.41) is 3.52. The van der Waals surface area contributed by atoms with E-state index in [9.17, 15) is 4.39 Å². The topological polar surface area (TPSA) is 12.0 Å². The highest BCUT2D eigenvalue weighted by Crippen LogP contribution is 2.21. The second kappa shape index (κ2) is 5.96. The molecule has 1 nitrogen and oxygen atoms in total. The smallest absolute Gasteiger partial charge is 0.126 e. The van der Waals surface area contributed by atoms with Gasteiger partial charge in [0.05, 0.1) is 0 Å². The number of nitrogens with one attached hydrogen (secondary N) is 1. The minimum atomic E-state index is -0.0861. The Morgan fingerprint density at radius 3 is 3.06 bits per heavy atom. The second-order valence-electron chi connectivity index (χ2n) is 5.06. The molecule has 1 aliphatic rings. The fraction of sp³-hybridized carbons (Fsp3) is 0.571. The molecule has 0 spiro atoms. The van der Waals surface area contributed by atoms with Crippen molar-refractivity contribution in [1.82, 2.24) is 5.32 Å². The van der Waals surface area contributed by atoms with Crippen LogP contribution >= 0.6 is 15.9 Å². The van der Waals surface area contributed by atoms with Crippen LogP contribution in [0, 0.1) is 11.7 Å². The van der Waals surface area contributed by atoms with Crippen LogP contribution in [-0.4, -0.2) is 12.6 Å². The predicted molar refractivity (Wildman–Crippen MR) is 72.6 cm³/mol. The summed E-state index contributed by atoms with van der Waals surface area (Å²) in [5.41, 5.74) is 0.819. The van der Waals surface area contributed by atoms with E-state index in [1.54, 1.807) is 6.07 Å². The summed E-state index contributed by atoms with van der Waals surface area (Å²) in [6, 6.07) is 5.73. The Morgan fingerprint density at radius 2 is 2.29 bits per heavy atom. The summed E-state index contributed by atoms with van der Waals surface area (Å²) in [7, 11) is 0. The molecule has 0 bridgehead atoms. The van der Waals surface area contributed by atoms with Crippen LogP contribution < -0.4 is 5.32 Å². The van der Waals surface area contributed by atoms with E-state index in [-0.39, 0.29) is 5.82 Å². The minimum absolute atomic E-state index is 0.0861. The summed E-state index contributed by atoms with van der Waals surface area (Å²) in [6.07, 6.45) is 4.32. The highest BCUT2D eigenvalue weighted by molar-refractivity contribution is 9.10. The van der Waals surface area contributed by atoms with Gasteiger partial charge in [-0.3, -0.25) is 0 Å². The van der Waals surface area contributed by atoms with Crippen molar-refractivity contribution < 1.29 is 4.39 Å². The number of hydrogen-bond donors (Lipinski definition) is 1. The molecule has 94 valence electrons.